The highest BCUT2D eigenvalue weighted by Gasteiger charge is 2.71. The molecule has 0 spiro atoms. The molecule has 0 unspecified atom stereocenters. The summed E-state index contributed by atoms with van der Waals surface area (Å²) in [6, 6.07) is 14.0. The van der Waals surface area contributed by atoms with Gasteiger partial charge in [0.15, 0.2) is 0 Å². The van der Waals surface area contributed by atoms with Gasteiger partial charge in [-0.05, 0) is 34.4 Å². The first-order chi connectivity index (χ1) is 18.8. The van der Waals surface area contributed by atoms with Crippen LogP contribution in [0.15, 0.2) is 73.1 Å². The molecule has 214 valence electrons. The highest BCUT2D eigenvalue weighted by molar-refractivity contribution is 5.67. The molecule has 4 rings (SSSR count). The van der Waals surface area contributed by atoms with E-state index in [0.717, 1.165) is 29.8 Å². The normalized spacial score (nSPS) is 17.6. The number of carbonyl (C=O) groups is 1. The molecule has 2 heterocycles. The van der Waals surface area contributed by atoms with Crippen molar-refractivity contribution < 1.29 is 41.4 Å². The molecule has 12 heteroatoms. The monoisotopic (exact) mass is 567 g/mol. The lowest BCUT2D eigenvalue weighted by Crippen LogP contribution is -2.53. The van der Waals surface area contributed by atoms with Gasteiger partial charge in [-0.2, -0.15) is 26.3 Å². The molecule has 1 aliphatic rings. The first-order valence-electron chi connectivity index (χ1n) is 12.4. The molecule has 1 fully saturated rings. The smallest absolute Gasteiger partial charge is 0.430 e. The maximum Gasteiger partial charge on any atom is 0.430 e. The van der Waals surface area contributed by atoms with E-state index in [1.807, 2.05) is 12.1 Å². The molecule has 1 atom stereocenters. The average Bonchev–Trinajstić information content (AvgIpc) is 2.89. The van der Waals surface area contributed by atoms with E-state index in [2.05, 4.69) is 14.8 Å². The van der Waals surface area contributed by atoms with Gasteiger partial charge >= 0.3 is 18.3 Å². The number of carboxylic acid groups (broad SMARTS) is 1. The van der Waals surface area contributed by atoms with Crippen LogP contribution in [0, 0.1) is 0 Å². The molecule has 1 saturated heterocycles. The maximum absolute atomic E-state index is 13.2. The third-order valence-electron chi connectivity index (χ3n) is 7.05. The van der Waals surface area contributed by atoms with Gasteiger partial charge in [-0.25, -0.2) is 0 Å². The van der Waals surface area contributed by atoms with Gasteiger partial charge < -0.3 is 10.2 Å². The average molecular weight is 568 g/mol. The Morgan fingerprint density at radius 2 is 1.32 bits per heavy atom. The van der Waals surface area contributed by atoms with Gasteiger partial charge in [0.05, 0.1) is 6.42 Å². The first kappa shape index (κ1) is 29.5. The van der Waals surface area contributed by atoms with Crippen molar-refractivity contribution in [2.45, 2.75) is 43.5 Å². The highest BCUT2D eigenvalue weighted by Crippen LogP contribution is 2.50. The molecule has 0 aliphatic carbocycles. The number of aromatic nitrogens is 1. The van der Waals surface area contributed by atoms with Gasteiger partial charge in [0.2, 0.25) is 0 Å². The lowest BCUT2D eigenvalue weighted by molar-refractivity contribution is -0.376. The standard InChI is InChI=1S/C28H27F6N3O3/c29-27(30,31)26(40,28(32,33)34)23-7-5-22(6-8-23)21-3-1-19(2-4-21)17-37-14-13-36(18-24(37)15-25(38)39)16-20-9-11-35-12-10-20/h1-12,24,40H,13-18H2,(H,38,39)/t24-/m1/s1. The number of hydrogen-bond donors (Lipinski definition) is 2. The molecule has 2 aromatic carbocycles. The topological polar surface area (TPSA) is 76.9 Å². The van der Waals surface area contributed by atoms with Gasteiger partial charge in [0.25, 0.3) is 5.60 Å². The number of aliphatic hydroxyl groups is 1. The Hall–Kier alpha value is -3.48. The summed E-state index contributed by atoms with van der Waals surface area (Å²) >= 11 is 0. The molecule has 40 heavy (non-hydrogen) atoms. The van der Waals surface area contributed by atoms with E-state index in [-0.39, 0.29) is 12.5 Å². The summed E-state index contributed by atoms with van der Waals surface area (Å²) in [5, 5.41) is 19.0. The fraction of sp³-hybridized carbons (Fsp3) is 0.357. The van der Waals surface area contributed by atoms with Gasteiger partial charge in [0, 0.05) is 56.7 Å². The van der Waals surface area contributed by atoms with Gasteiger partial charge in [-0.15, -0.1) is 0 Å². The maximum atomic E-state index is 13.2. The molecule has 2 N–H and O–H groups in total. The third-order valence-corrected chi connectivity index (χ3v) is 7.05. The number of hydrogen-bond acceptors (Lipinski definition) is 5. The predicted molar refractivity (Wildman–Crippen MR) is 134 cm³/mol. The predicted octanol–water partition coefficient (Wildman–Crippen LogP) is 5.22. The van der Waals surface area contributed by atoms with Crippen molar-refractivity contribution in [3.63, 3.8) is 0 Å². The molecular formula is C28H27F6N3O3. The van der Waals surface area contributed by atoms with Crippen LogP contribution in [0.25, 0.3) is 11.1 Å². The quantitative estimate of drug-likeness (QED) is 0.364. The van der Waals surface area contributed by atoms with Crippen molar-refractivity contribution in [3.8, 4) is 11.1 Å². The summed E-state index contributed by atoms with van der Waals surface area (Å²) in [6.45, 7) is 3.12. The van der Waals surface area contributed by atoms with Crippen molar-refractivity contribution in [1.82, 2.24) is 14.8 Å². The Balaban J connectivity index is 1.45. The van der Waals surface area contributed by atoms with E-state index in [1.165, 1.54) is 0 Å². The number of nitrogens with zero attached hydrogens (tertiary/aromatic N) is 3. The van der Waals surface area contributed by atoms with Crippen LogP contribution in [0.1, 0.15) is 23.1 Å². The van der Waals surface area contributed by atoms with Crippen molar-refractivity contribution in [2.75, 3.05) is 19.6 Å². The second kappa shape index (κ2) is 11.6. The fourth-order valence-electron chi connectivity index (χ4n) is 4.88. The van der Waals surface area contributed by atoms with E-state index in [0.29, 0.717) is 49.4 Å². The van der Waals surface area contributed by atoms with Crippen LogP contribution in [-0.4, -0.2) is 69.0 Å². The van der Waals surface area contributed by atoms with Gasteiger partial charge in [-0.3, -0.25) is 19.6 Å². The van der Waals surface area contributed by atoms with Crippen molar-refractivity contribution in [3.05, 3.63) is 89.7 Å². The van der Waals surface area contributed by atoms with Crippen molar-refractivity contribution >= 4 is 5.97 Å². The number of halogens is 6. The molecular weight excluding hydrogens is 540 g/mol. The molecule has 0 saturated carbocycles. The largest absolute Gasteiger partial charge is 0.481 e. The van der Waals surface area contributed by atoms with Gasteiger partial charge in [-0.1, -0.05) is 48.5 Å². The Labute approximate surface area is 226 Å². The molecule has 1 aliphatic heterocycles. The highest BCUT2D eigenvalue weighted by atomic mass is 19.4. The minimum Gasteiger partial charge on any atom is -0.481 e. The number of carboxylic acids is 1. The summed E-state index contributed by atoms with van der Waals surface area (Å²) in [5.41, 5.74) is -3.40. The summed E-state index contributed by atoms with van der Waals surface area (Å²) in [6.07, 6.45) is -8.50. The van der Waals surface area contributed by atoms with Crippen LogP contribution in [0.3, 0.4) is 0 Å². The fourth-order valence-corrected chi connectivity index (χ4v) is 4.88. The summed E-state index contributed by atoms with van der Waals surface area (Å²) in [5.74, 6) is -0.900. The zero-order valence-electron chi connectivity index (χ0n) is 21.2. The summed E-state index contributed by atoms with van der Waals surface area (Å²) < 4.78 is 78.9. The Bertz CT molecular complexity index is 1270. The summed E-state index contributed by atoms with van der Waals surface area (Å²) in [4.78, 5) is 19.8. The van der Waals surface area contributed by atoms with Crippen molar-refractivity contribution in [2.24, 2.45) is 0 Å². The second-order valence-corrected chi connectivity index (χ2v) is 9.79. The van der Waals surface area contributed by atoms with Gasteiger partial charge in [0.1, 0.15) is 0 Å². The number of pyridine rings is 1. The molecule has 0 amide bonds. The lowest BCUT2D eigenvalue weighted by Gasteiger charge is -2.41. The minimum atomic E-state index is -5.95. The van der Waals surface area contributed by atoms with E-state index < -0.39 is 29.5 Å². The van der Waals surface area contributed by atoms with Crippen LogP contribution >= 0.6 is 0 Å². The molecule has 6 nitrogen and oxygen atoms in total. The number of rotatable bonds is 8. The molecule has 0 radical (unpaired) electrons. The first-order valence-corrected chi connectivity index (χ1v) is 12.4. The van der Waals surface area contributed by atoms with E-state index >= 15 is 0 Å². The minimum absolute atomic E-state index is 0.0283. The van der Waals surface area contributed by atoms with Crippen molar-refractivity contribution in [1.29, 1.82) is 0 Å². The Morgan fingerprint density at radius 1 is 0.800 bits per heavy atom. The molecule has 3 aromatic rings. The second-order valence-electron chi connectivity index (χ2n) is 9.79. The Kier molecular flexibility index (Phi) is 8.52. The molecule has 1 aromatic heterocycles. The van der Waals surface area contributed by atoms with Crippen LogP contribution in [-0.2, 0) is 23.5 Å². The number of aliphatic carboxylic acids is 1. The van der Waals surface area contributed by atoms with Crippen LogP contribution < -0.4 is 0 Å². The third kappa shape index (κ3) is 6.45. The van der Waals surface area contributed by atoms with E-state index in [1.54, 1.807) is 36.7 Å². The lowest BCUT2D eigenvalue weighted by atomic mass is 9.90. The number of alkyl halides is 6. The zero-order valence-corrected chi connectivity index (χ0v) is 21.2. The Morgan fingerprint density at radius 3 is 1.85 bits per heavy atom. The van der Waals surface area contributed by atoms with Crippen LogP contribution in [0.4, 0.5) is 26.3 Å². The van der Waals surface area contributed by atoms with E-state index in [9.17, 15) is 41.4 Å². The summed E-state index contributed by atoms with van der Waals surface area (Å²) in [7, 11) is 0. The zero-order chi connectivity index (χ0) is 29.1. The van der Waals surface area contributed by atoms with Crippen LogP contribution in [0.2, 0.25) is 0 Å². The number of benzene rings is 2. The van der Waals surface area contributed by atoms with Crippen LogP contribution in [0.5, 0.6) is 0 Å². The number of piperazine rings is 1. The SMILES string of the molecule is O=C(O)C[C@@H]1CN(Cc2ccncc2)CCN1Cc1ccc(-c2ccc(C(O)(C(F)(F)F)C(F)(F)F)cc2)cc1. The molecule has 0 bridgehead atoms. The van der Waals surface area contributed by atoms with E-state index in [4.69, 9.17) is 0 Å².